The van der Waals surface area contributed by atoms with E-state index in [1.54, 1.807) is 0 Å². The lowest BCUT2D eigenvalue weighted by atomic mass is 9.95. The van der Waals surface area contributed by atoms with Crippen molar-refractivity contribution < 1.29 is 4.79 Å². The number of amides is 1. The molecule has 3 heteroatoms. The minimum atomic E-state index is -0.307. The normalized spacial score (nSPS) is 23.3. The number of carbonyl (C=O) groups is 1. The van der Waals surface area contributed by atoms with E-state index in [0.717, 1.165) is 29.8 Å². The van der Waals surface area contributed by atoms with Crippen LogP contribution in [0.4, 0.5) is 0 Å². The van der Waals surface area contributed by atoms with Gasteiger partial charge in [0.25, 0.3) is 5.91 Å². The monoisotopic (exact) mass is 295 g/mol. The van der Waals surface area contributed by atoms with E-state index in [-0.39, 0.29) is 10.8 Å². The minimum Gasteiger partial charge on any atom is -0.315 e. The van der Waals surface area contributed by atoms with Crippen molar-refractivity contribution in [3.8, 4) is 0 Å². The Morgan fingerprint density at radius 3 is 2.90 bits per heavy atom. The Labute approximate surface area is 129 Å². The van der Waals surface area contributed by atoms with Crippen LogP contribution < -0.4 is 0 Å². The molecule has 2 heterocycles. The van der Waals surface area contributed by atoms with E-state index in [0.29, 0.717) is 0 Å². The largest absolute Gasteiger partial charge is 0.315 e. The van der Waals surface area contributed by atoms with Gasteiger partial charge in [-0.3, -0.25) is 4.79 Å². The molecule has 1 saturated heterocycles. The van der Waals surface area contributed by atoms with Crippen molar-refractivity contribution in [2.24, 2.45) is 0 Å². The average Bonchev–Trinajstić information content (AvgIpc) is 3.08. The molecule has 1 fully saturated rings. The van der Waals surface area contributed by atoms with E-state index in [1.807, 2.05) is 30.0 Å². The van der Waals surface area contributed by atoms with Crippen LogP contribution in [0, 0.1) is 0 Å². The van der Waals surface area contributed by atoms with Crippen molar-refractivity contribution >= 4 is 17.7 Å². The first-order valence-electron chi connectivity index (χ1n) is 7.42. The van der Waals surface area contributed by atoms with Crippen LogP contribution in [-0.2, 0) is 11.3 Å². The van der Waals surface area contributed by atoms with Gasteiger partial charge in [-0.05, 0) is 23.6 Å². The Morgan fingerprint density at radius 2 is 2.05 bits per heavy atom. The van der Waals surface area contributed by atoms with Crippen molar-refractivity contribution in [2.45, 2.75) is 18.2 Å². The maximum absolute atomic E-state index is 12.7. The highest BCUT2D eigenvalue weighted by Crippen LogP contribution is 2.55. The van der Waals surface area contributed by atoms with Gasteiger partial charge in [0.15, 0.2) is 0 Å². The predicted octanol–water partition coefficient (Wildman–Crippen LogP) is 3.65. The molecule has 0 bridgehead atoms. The maximum atomic E-state index is 12.7. The second-order valence-corrected chi connectivity index (χ2v) is 6.84. The molecule has 4 rings (SSSR count). The quantitative estimate of drug-likeness (QED) is 0.843. The first-order chi connectivity index (χ1) is 10.3. The SMILES string of the molecule is CCc1cccc(C23SCCN2C(=O)c2ccccc23)c1. The summed E-state index contributed by atoms with van der Waals surface area (Å²) in [6.45, 7) is 3.00. The summed E-state index contributed by atoms with van der Waals surface area (Å²) >= 11 is 1.88. The second kappa shape index (κ2) is 4.63. The molecule has 21 heavy (non-hydrogen) atoms. The molecule has 2 nitrogen and oxygen atoms in total. The number of nitrogens with zero attached hydrogens (tertiary/aromatic N) is 1. The summed E-state index contributed by atoms with van der Waals surface area (Å²) in [6, 6.07) is 16.8. The number of aryl methyl sites for hydroxylation is 1. The van der Waals surface area contributed by atoms with Crippen molar-refractivity contribution in [1.29, 1.82) is 0 Å². The number of hydrogen-bond acceptors (Lipinski definition) is 2. The first kappa shape index (κ1) is 13.0. The van der Waals surface area contributed by atoms with Gasteiger partial charge in [0, 0.05) is 23.4 Å². The summed E-state index contributed by atoms with van der Waals surface area (Å²) in [5.74, 6) is 1.17. The van der Waals surface area contributed by atoms with Gasteiger partial charge in [0.1, 0.15) is 4.87 Å². The van der Waals surface area contributed by atoms with Crippen molar-refractivity contribution in [3.63, 3.8) is 0 Å². The molecule has 2 aromatic carbocycles. The highest BCUT2D eigenvalue weighted by Gasteiger charge is 2.54. The van der Waals surface area contributed by atoms with Crippen LogP contribution in [0.15, 0.2) is 48.5 Å². The van der Waals surface area contributed by atoms with E-state index < -0.39 is 0 Å². The highest BCUT2D eigenvalue weighted by atomic mass is 32.2. The van der Waals surface area contributed by atoms with Crippen molar-refractivity contribution in [3.05, 3.63) is 70.8 Å². The fourth-order valence-corrected chi connectivity index (χ4v) is 5.02. The van der Waals surface area contributed by atoms with Gasteiger partial charge in [-0.1, -0.05) is 49.4 Å². The zero-order chi connectivity index (χ0) is 14.4. The summed E-state index contributed by atoms with van der Waals surface area (Å²) in [6.07, 6.45) is 1.02. The molecular weight excluding hydrogens is 278 g/mol. The Morgan fingerprint density at radius 1 is 1.19 bits per heavy atom. The Bertz CT molecular complexity index is 727. The summed E-state index contributed by atoms with van der Waals surface area (Å²) in [4.78, 5) is 14.5. The van der Waals surface area contributed by atoms with Crippen LogP contribution in [0.3, 0.4) is 0 Å². The molecule has 0 aromatic heterocycles. The van der Waals surface area contributed by atoms with Crippen LogP contribution in [0.1, 0.15) is 34.0 Å². The molecule has 2 aliphatic rings. The zero-order valence-corrected chi connectivity index (χ0v) is 12.8. The Kier molecular flexibility index (Phi) is 2.86. The van der Waals surface area contributed by atoms with Gasteiger partial charge in [-0.25, -0.2) is 0 Å². The molecule has 1 unspecified atom stereocenters. The number of benzene rings is 2. The molecule has 0 saturated carbocycles. The lowest BCUT2D eigenvalue weighted by Gasteiger charge is -2.32. The Balaban J connectivity index is 1.97. The number of carbonyl (C=O) groups excluding carboxylic acids is 1. The second-order valence-electron chi connectivity index (χ2n) is 5.55. The van der Waals surface area contributed by atoms with E-state index in [9.17, 15) is 4.79 Å². The summed E-state index contributed by atoms with van der Waals surface area (Å²) in [7, 11) is 0. The first-order valence-corrected chi connectivity index (χ1v) is 8.41. The van der Waals surface area contributed by atoms with Gasteiger partial charge in [0.05, 0.1) is 0 Å². The molecule has 0 aliphatic carbocycles. The van der Waals surface area contributed by atoms with E-state index in [2.05, 4.69) is 42.2 Å². The summed E-state index contributed by atoms with van der Waals surface area (Å²) < 4.78 is 0. The lowest BCUT2D eigenvalue weighted by Crippen LogP contribution is -2.37. The van der Waals surface area contributed by atoms with Crippen LogP contribution in [-0.4, -0.2) is 23.1 Å². The number of rotatable bonds is 2. The topological polar surface area (TPSA) is 20.3 Å². The molecule has 106 valence electrons. The van der Waals surface area contributed by atoms with Gasteiger partial charge in [-0.15, -0.1) is 11.8 Å². The average molecular weight is 295 g/mol. The predicted molar refractivity (Wildman–Crippen MR) is 86.5 cm³/mol. The van der Waals surface area contributed by atoms with Crippen LogP contribution in [0.5, 0.6) is 0 Å². The van der Waals surface area contributed by atoms with Crippen LogP contribution >= 0.6 is 11.8 Å². The molecular formula is C18H17NOS. The molecule has 0 spiro atoms. The van der Waals surface area contributed by atoms with Crippen molar-refractivity contribution in [1.82, 2.24) is 4.90 Å². The molecule has 1 atom stereocenters. The molecule has 0 N–H and O–H groups in total. The molecule has 1 amide bonds. The number of hydrogen-bond donors (Lipinski definition) is 0. The van der Waals surface area contributed by atoms with Crippen LogP contribution in [0.25, 0.3) is 0 Å². The smallest absolute Gasteiger partial charge is 0.255 e. The zero-order valence-electron chi connectivity index (χ0n) is 12.0. The fourth-order valence-electron chi connectivity index (χ4n) is 3.49. The summed E-state index contributed by atoms with van der Waals surface area (Å²) in [5.41, 5.74) is 4.59. The Hall–Kier alpha value is -1.74. The van der Waals surface area contributed by atoms with Crippen LogP contribution in [0.2, 0.25) is 0 Å². The van der Waals surface area contributed by atoms with Gasteiger partial charge in [0.2, 0.25) is 0 Å². The lowest BCUT2D eigenvalue weighted by molar-refractivity contribution is 0.0752. The molecule has 0 radical (unpaired) electrons. The van der Waals surface area contributed by atoms with Gasteiger partial charge < -0.3 is 4.90 Å². The van der Waals surface area contributed by atoms with Gasteiger partial charge >= 0.3 is 0 Å². The molecule has 2 aromatic rings. The third-order valence-electron chi connectivity index (χ3n) is 4.50. The third-order valence-corrected chi connectivity index (χ3v) is 5.98. The number of thioether (sulfide) groups is 1. The summed E-state index contributed by atoms with van der Waals surface area (Å²) in [5, 5.41) is 0. The van der Waals surface area contributed by atoms with E-state index >= 15 is 0 Å². The maximum Gasteiger partial charge on any atom is 0.255 e. The highest BCUT2D eigenvalue weighted by molar-refractivity contribution is 8.00. The van der Waals surface area contributed by atoms with Gasteiger partial charge in [-0.2, -0.15) is 0 Å². The number of fused-ring (bicyclic) bond motifs is 3. The molecule has 2 aliphatic heterocycles. The fraction of sp³-hybridized carbons (Fsp3) is 0.278. The van der Waals surface area contributed by atoms with E-state index in [1.165, 1.54) is 11.1 Å². The van der Waals surface area contributed by atoms with Crippen molar-refractivity contribution in [2.75, 3.05) is 12.3 Å². The minimum absolute atomic E-state index is 0.178. The standard InChI is InChI=1S/C18H17NOS/c1-2-13-6-5-7-14(12-13)18-16-9-4-3-8-15(16)17(20)19(18)10-11-21-18/h3-9,12H,2,10-11H2,1H3. The third kappa shape index (κ3) is 1.64. The van der Waals surface area contributed by atoms with E-state index in [4.69, 9.17) is 0 Å².